The van der Waals surface area contributed by atoms with E-state index < -0.39 is 0 Å². The molecule has 2 aromatic carbocycles. The SMILES string of the molecule is COc1cc2c(cc1Br)N(C(=O)OCc1ccccc1)C(C(C)C)CC2. The molecule has 0 saturated heterocycles. The van der Waals surface area contributed by atoms with Crippen LogP contribution in [0.4, 0.5) is 10.5 Å². The number of methoxy groups -OCH3 is 1. The van der Waals surface area contributed by atoms with E-state index in [1.165, 1.54) is 0 Å². The first-order valence-electron chi connectivity index (χ1n) is 8.87. The summed E-state index contributed by atoms with van der Waals surface area (Å²) in [6.07, 6.45) is 1.53. The lowest BCUT2D eigenvalue weighted by molar-refractivity contribution is 0.141. The number of halogens is 1. The van der Waals surface area contributed by atoms with Crippen molar-refractivity contribution >= 4 is 27.7 Å². The number of anilines is 1. The van der Waals surface area contributed by atoms with Gasteiger partial charge in [0.15, 0.2) is 0 Å². The summed E-state index contributed by atoms with van der Waals surface area (Å²) in [5.74, 6) is 1.12. The summed E-state index contributed by atoms with van der Waals surface area (Å²) in [5.41, 5.74) is 2.99. The minimum absolute atomic E-state index is 0.117. The number of rotatable bonds is 4. The Kier molecular flexibility index (Phi) is 5.87. The van der Waals surface area contributed by atoms with Crippen LogP contribution in [0.3, 0.4) is 0 Å². The van der Waals surface area contributed by atoms with E-state index in [-0.39, 0.29) is 18.7 Å². The molecule has 1 amide bonds. The highest BCUT2D eigenvalue weighted by molar-refractivity contribution is 9.10. The van der Waals surface area contributed by atoms with Crippen molar-refractivity contribution < 1.29 is 14.3 Å². The van der Waals surface area contributed by atoms with Crippen LogP contribution in [0.1, 0.15) is 31.4 Å². The highest BCUT2D eigenvalue weighted by Gasteiger charge is 2.34. The second-order valence-corrected chi connectivity index (χ2v) is 7.73. The number of fused-ring (bicyclic) bond motifs is 1. The maximum absolute atomic E-state index is 13.0. The molecule has 1 aliphatic rings. The molecule has 0 saturated carbocycles. The summed E-state index contributed by atoms with van der Waals surface area (Å²) in [6, 6.07) is 13.8. The molecule has 0 aromatic heterocycles. The third-order valence-corrected chi connectivity index (χ3v) is 5.44. The van der Waals surface area contributed by atoms with E-state index in [0.29, 0.717) is 5.92 Å². The lowest BCUT2D eigenvalue weighted by Crippen LogP contribution is -2.46. The summed E-state index contributed by atoms with van der Waals surface area (Å²) in [5, 5.41) is 0. The molecule has 2 aromatic rings. The van der Waals surface area contributed by atoms with Gasteiger partial charge in [0.05, 0.1) is 17.3 Å². The fourth-order valence-electron chi connectivity index (χ4n) is 3.43. The Morgan fingerprint density at radius 3 is 2.65 bits per heavy atom. The zero-order valence-electron chi connectivity index (χ0n) is 15.4. The second kappa shape index (κ2) is 8.12. The number of benzene rings is 2. The van der Waals surface area contributed by atoms with E-state index in [2.05, 4.69) is 29.8 Å². The lowest BCUT2D eigenvalue weighted by Gasteiger charge is -2.39. The van der Waals surface area contributed by atoms with Crippen LogP contribution in [0.5, 0.6) is 5.75 Å². The van der Waals surface area contributed by atoms with Gasteiger partial charge in [-0.1, -0.05) is 44.2 Å². The van der Waals surface area contributed by atoms with Gasteiger partial charge in [-0.3, -0.25) is 4.90 Å². The summed E-state index contributed by atoms with van der Waals surface area (Å²) < 4.78 is 11.9. The zero-order valence-corrected chi connectivity index (χ0v) is 17.0. The van der Waals surface area contributed by atoms with Gasteiger partial charge in [0, 0.05) is 6.04 Å². The first kappa shape index (κ1) is 18.8. The molecule has 138 valence electrons. The largest absolute Gasteiger partial charge is 0.496 e. The van der Waals surface area contributed by atoms with Gasteiger partial charge >= 0.3 is 6.09 Å². The molecule has 0 spiro atoms. The van der Waals surface area contributed by atoms with Crippen LogP contribution in [0.25, 0.3) is 0 Å². The van der Waals surface area contributed by atoms with Crippen LogP contribution >= 0.6 is 15.9 Å². The third kappa shape index (κ3) is 3.88. The first-order chi connectivity index (χ1) is 12.5. The van der Waals surface area contributed by atoms with Gasteiger partial charge in [-0.15, -0.1) is 0 Å². The number of carbonyl (C=O) groups is 1. The number of carbonyl (C=O) groups excluding carboxylic acids is 1. The number of amides is 1. The van der Waals surface area contributed by atoms with Gasteiger partial charge in [0.25, 0.3) is 0 Å². The highest BCUT2D eigenvalue weighted by Crippen LogP contribution is 2.40. The quantitative estimate of drug-likeness (QED) is 0.652. The van der Waals surface area contributed by atoms with Gasteiger partial charge in [-0.25, -0.2) is 4.79 Å². The summed E-state index contributed by atoms with van der Waals surface area (Å²) >= 11 is 3.54. The molecule has 0 radical (unpaired) electrons. The number of hydrogen-bond acceptors (Lipinski definition) is 3. The van der Waals surface area contributed by atoms with Crippen molar-refractivity contribution in [3.05, 3.63) is 58.1 Å². The molecule has 0 fully saturated rings. The van der Waals surface area contributed by atoms with Crippen molar-refractivity contribution in [3.8, 4) is 5.75 Å². The molecule has 26 heavy (non-hydrogen) atoms. The summed E-state index contributed by atoms with van der Waals surface area (Å²) in [6.45, 7) is 4.56. The van der Waals surface area contributed by atoms with Gasteiger partial charge in [0.1, 0.15) is 12.4 Å². The van der Waals surface area contributed by atoms with E-state index >= 15 is 0 Å². The number of nitrogens with zero attached hydrogens (tertiary/aromatic N) is 1. The minimum Gasteiger partial charge on any atom is -0.496 e. The van der Waals surface area contributed by atoms with E-state index in [4.69, 9.17) is 9.47 Å². The molecule has 1 heterocycles. The molecule has 1 atom stereocenters. The van der Waals surface area contributed by atoms with E-state index in [9.17, 15) is 4.79 Å². The molecule has 5 heteroatoms. The Morgan fingerprint density at radius 1 is 1.27 bits per heavy atom. The molecule has 1 unspecified atom stereocenters. The molecular formula is C21H24BrNO3. The average Bonchev–Trinajstić information content (AvgIpc) is 2.65. The number of aryl methyl sites for hydroxylation is 1. The normalized spacial score (nSPS) is 16.3. The van der Waals surface area contributed by atoms with Crippen molar-refractivity contribution in [3.63, 3.8) is 0 Å². The predicted octanol–water partition coefficient (Wildman–Crippen LogP) is 5.57. The smallest absolute Gasteiger partial charge is 0.414 e. The Balaban J connectivity index is 1.89. The van der Waals surface area contributed by atoms with Crippen LogP contribution in [-0.4, -0.2) is 19.2 Å². The van der Waals surface area contributed by atoms with Crippen LogP contribution in [-0.2, 0) is 17.8 Å². The van der Waals surface area contributed by atoms with Crippen LogP contribution in [0.2, 0.25) is 0 Å². The maximum atomic E-state index is 13.0. The fourth-order valence-corrected chi connectivity index (χ4v) is 3.92. The topological polar surface area (TPSA) is 38.8 Å². The van der Waals surface area contributed by atoms with Crippen molar-refractivity contribution in [1.29, 1.82) is 0 Å². The monoisotopic (exact) mass is 417 g/mol. The van der Waals surface area contributed by atoms with Gasteiger partial charge < -0.3 is 9.47 Å². The van der Waals surface area contributed by atoms with Crippen LogP contribution in [0.15, 0.2) is 46.9 Å². The Morgan fingerprint density at radius 2 is 2.00 bits per heavy atom. The molecule has 1 aliphatic heterocycles. The fraction of sp³-hybridized carbons (Fsp3) is 0.381. The van der Waals surface area contributed by atoms with Crippen LogP contribution in [0, 0.1) is 5.92 Å². The lowest BCUT2D eigenvalue weighted by atomic mass is 9.89. The maximum Gasteiger partial charge on any atom is 0.414 e. The van der Waals surface area contributed by atoms with E-state index in [1.54, 1.807) is 7.11 Å². The van der Waals surface area contributed by atoms with Crippen molar-refractivity contribution in [2.45, 2.75) is 39.3 Å². The molecule has 4 nitrogen and oxygen atoms in total. The number of ether oxygens (including phenoxy) is 2. The van der Waals surface area contributed by atoms with Crippen molar-refractivity contribution in [1.82, 2.24) is 0 Å². The Bertz CT molecular complexity index is 776. The average molecular weight is 418 g/mol. The van der Waals surface area contributed by atoms with E-state index in [0.717, 1.165) is 39.9 Å². The minimum atomic E-state index is -0.300. The first-order valence-corrected chi connectivity index (χ1v) is 9.67. The molecule has 0 aliphatic carbocycles. The molecule has 0 N–H and O–H groups in total. The van der Waals surface area contributed by atoms with Gasteiger partial charge in [-0.2, -0.15) is 0 Å². The second-order valence-electron chi connectivity index (χ2n) is 6.88. The third-order valence-electron chi connectivity index (χ3n) is 4.83. The van der Waals surface area contributed by atoms with E-state index in [1.807, 2.05) is 47.4 Å². The highest BCUT2D eigenvalue weighted by atomic mass is 79.9. The molecule has 0 bridgehead atoms. The van der Waals surface area contributed by atoms with Crippen molar-refractivity contribution in [2.75, 3.05) is 12.0 Å². The number of hydrogen-bond donors (Lipinski definition) is 0. The van der Waals surface area contributed by atoms with Crippen molar-refractivity contribution in [2.24, 2.45) is 5.92 Å². The summed E-state index contributed by atoms with van der Waals surface area (Å²) in [4.78, 5) is 14.8. The van der Waals surface area contributed by atoms with Gasteiger partial charge in [-0.05, 0) is 57.9 Å². The van der Waals surface area contributed by atoms with Gasteiger partial charge in [0.2, 0.25) is 0 Å². The van der Waals surface area contributed by atoms with Crippen LogP contribution < -0.4 is 9.64 Å². The molecular weight excluding hydrogens is 394 g/mol. The predicted molar refractivity (Wildman–Crippen MR) is 107 cm³/mol. The standard InChI is InChI=1S/C21H24BrNO3/c1-14(2)18-10-9-16-11-20(25-3)17(22)12-19(16)23(18)21(24)26-13-15-7-5-4-6-8-15/h4-8,11-12,14,18H,9-10,13H2,1-3H3. The Labute approximate surface area is 163 Å². The molecule has 3 rings (SSSR count). The zero-order chi connectivity index (χ0) is 18.7. The summed E-state index contributed by atoms with van der Waals surface area (Å²) in [7, 11) is 1.65. The Hall–Kier alpha value is -2.01.